The van der Waals surface area contributed by atoms with Gasteiger partial charge in [0.05, 0.1) is 31.1 Å². The number of anilines is 1. The maximum atomic E-state index is 13.4. The third-order valence-corrected chi connectivity index (χ3v) is 8.28. The Kier molecular flexibility index (Phi) is 7.59. The zero-order chi connectivity index (χ0) is 25.3. The lowest BCUT2D eigenvalue weighted by Crippen LogP contribution is -3.15. The lowest BCUT2D eigenvalue weighted by atomic mass is 10.0. The van der Waals surface area contributed by atoms with E-state index >= 15 is 0 Å². The van der Waals surface area contributed by atoms with Gasteiger partial charge in [0, 0.05) is 5.69 Å². The standard InChI is InChI=1S/C23H28F3N3O4S/c1-15-13-16(2)18(4)22(17(15)3)34(31,32)29-11-9-28(10-12-29)14-21(30)27-19-5-7-20(8-6-19)33-23(24,25)26/h5-8,13H,9-12,14H2,1-4H3,(H,27,30)/p+1. The second kappa shape index (κ2) is 9.93. The van der Waals surface area contributed by atoms with E-state index in [1.54, 1.807) is 0 Å². The summed E-state index contributed by atoms with van der Waals surface area (Å²) in [4.78, 5) is 13.7. The van der Waals surface area contributed by atoms with E-state index in [0.717, 1.165) is 39.3 Å². The summed E-state index contributed by atoms with van der Waals surface area (Å²) in [6.45, 7) is 9.08. The van der Waals surface area contributed by atoms with Crippen LogP contribution >= 0.6 is 0 Å². The lowest BCUT2D eigenvalue weighted by Gasteiger charge is -2.32. The first kappa shape index (κ1) is 26.0. The molecule has 0 aliphatic carbocycles. The van der Waals surface area contributed by atoms with Crippen LogP contribution in [-0.2, 0) is 14.8 Å². The van der Waals surface area contributed by atoms with Crippen LogP contribution in [0.4, 0.5) is 18.9 Å². The Morgan fingerprint density at radius 1 is 1.03 bits per heavy atom. The number of carbonyl (C=O) groups is 1. The molecule has 1 heterocycles. The van der Waals surface area contributed by atoms with Gasteiger partial charge in [0.15, 0.2) is 6.54 Å². The quantitative estimate of drug-likeness (QED) is 0.638. The van der Waals surface area contributed by atoms with Crippen molar-refractivity contribution in [1.82, 2.24) is 4.31 Å². The number of benzene rings is 2. The highest BCUT2D eigenvalue weighted by atomic mass is 32.2. The van der Waals surface area contributed by atoms with E-state index in [1.165, 1.54) is 16.4 Å². The van der Waals surface area contributed by atoms with Gasteiger partial charge >= 0.3 is 6.36 Å². The first-order valence-corrected chi connectivity index (χ1v) is 12.3. The molecule has 1 saturated heterocycles. The molecule has 0 radical (unpaired) electrons. The Balaban J connectivity index is 1.58. The molecule has 0 bridgehead atoms. The van der Waals surface area contributed by atoms with Crippen molar-refractivity contribution in [3.05, 3.63) is 52.6 Å². The van der Waals surface area contributed by atoms with Crippen LogP contribution in [0.15, 0.2) is 35.2 Å². The van der Waals surface area contributed by atoms with Crippen LogP contribution in [0.25, 0.3) is 0 Å². The number of hydrogen-bond acceptors (Lipinski definition) is 4. The molecule has 2 aromatic carbocycles. The summed E-state index contributed by atoms with van der Waals surface area (Å²) < 4.78 is 68.8. The Hall–Kier alpha value is -2.63. The fourth-order valence-corrected chi connectivity index (χ4v) is 6.11. The van der Waals surface area contributed by atoms with Gasteiger partial charge in [-0.25, -0.2) is 8.42 Å². The van der Waals surface area contributed by atoms with E-state index in [-0.39, 0.29) is 18.2 Å². The topological polar surface area (TPSA) is 80.2 Å². The molecule has 2 N–H and O–H groups in total. The number of nitrogens with zero attached hydrogens (tertiary/aromatic N) is 1. The third-order valence-electron chi connectivity index (χ3n) is 6.11. The first-order valence-electron chi connectivity index (χ1n) is 10.8. The number of carbonyl (C=O) groups excluding carboxylic acids is 1. The number of rotatable bonds is 6. The minimum atomic E-state index is -4.78. The van der Waals surface area contributed by atoms with Crippen LogP contribution in [0, 0.1) is 27.7 Å². The molecule has 11 heteroatoms. The molecule has 1 fully saturated rings. The number of amides is 1. The molecule has 34 heavy (non-hydrogen) atoms. The predicted molar refractivity (Wildman–Crippen MR) is 121 cm³/mol. The van der Waals surface area contributed by atoms with Crippen molar-refractivity contribution in [1.29, 1.82) is 0 Å². The van der Waals surface area contributed by atoms with Gasteiger partial charge in [-0.3, -0.25) is 4.79 Å². The highest BCUT2D eigenvalue weighted by molar-refractivity contribution is 7.89. The summed E-state index contributed by atoms with van der Waals surface area (Å²) in [6.07, 6.45) is -4.78. The van der Waals surface area contributed by atoms with E-state index in [0.29, 0.717) is 36.8 Å². The molecular formula is C23H29F3N3O4S+. The van der Waals surface area contributed by atoms with Crippen LogP contribution < -0.4 is 15.0 Å². The summed E-state index contributed by atoms with van der Waals surface area (Å²) >= 11 is 0. The largest absolute Gasteiger partial charge is 0.573 e. The second-order valence-corrected chi connectivity index (χ2v) is 10.4. The number of halogens is 3. The Morgan fingerprint density at radius 2 is 1.56 bits per heavy atom. The molecular weight excluding hydrogens is 471 g/mol. The van der Waals surface area contributed by atoms with Crippen molar-refractivity contribution < 1.29 is 36.0 Å². The van der Waals surface area contributed by atoms with Gasteiger partial charge in [-0.1, -0.05) is 6.07 Å². The Bertz CT molecular complexity index is 1130. The first-order chi connectivity index (χ1) is 15.8. The van der Waals surface area contributed by atoms with Gasteiger partial charge in [-0.2, -0.15) is 4.31 Å². The number of alkyl halides is 3. The molecule has 0 spiro atoms. The normalized spacial score (nSPS) is 15.9. The molecule has 1 aliphatic rings. The van der Waals surface area contributed by atoms with Crippen molar-refractivity contribution >= 4 is 21.6 Å². The Labute approximate surface area is 197 Å². The number of sulfonamides is 1. The minimum absolute atomic E-state index is 0.121. The molecule has 1 aliphatic heterocycles. The average molecular weight is 501 g/mol. The lowest BCUT2D eigenvalue weighted by molar-refractivity contribution is -0.895. The van der Waals surface area contributed by atoms with Crippen LogP contribution in [-0.4, -0.2) is 57.7 Å². The van der Waals surface area contributed by atoms with Crippen molar-refractivity contribution in [2.24, 2.45) is 0 Å². The number of hydrogen-bond donors (Lipinski definition) is 2. The Morgan fingerprint density at radius 3 is 2.06 bits per heavy atom. The summed E-state index contributed by atoms with van der Waals surface area (Å²) in [5.41, 5.74) is 3.72. The van der Waals surface area contributed by atoms with E-state index in [1.807, 2.05) is 33.8 Å². The number of piperazine rings is 1. The number of quaternary nitrogens is 1. The van der Waals surface area contributed by atoms with Crippen molar-refractivity contribution in [2.75, 3.05) is 38.0 Å². The van der Waals surface area contributed by atoms with Gasteiger partial charge in [0.1, 0.15) is 5.75 Å². The summed E-state index contributed by atoms with van der Waals surface area (Å²) in [7, 11) is -3.66. The predicted octanol–water partition coefficient (Wildman–Crippen LogP) is 2.35. The van der Waals surface area contributed by atoms with E-state index in [4.69, 9.17) is 0 Å². The fourth-order valence-electron chi connectivity index (χ4n) is 4.09. The molecule has 2 aromatic rings. The molecule has 186 valence electrons. The molecule has 0 atom stereocenters. The number of ether oxygens (including phenoxy) is 1. The fraction of sp³-hybridized carbons (Fsp3) is 0.435. The summed E-state index contributed by atoms with van der Waals surface area (Å²) in [5.74, 6) is -0.681. The van der Waals surface area contributed by atoms with Crippen LogP contribution in [0.5, 0.6) is 5.75 Å². The van der Waals surface area contributed by atoms with Gasteiger partial charge in [0.25, 0.3) is 5.91 Å². The maximum Gasteiger partial charge on any atom is 0.573 e. The highest BCUT2D eigenvalue weighted by Crippen LogP contribution is 2.29. The average Bonchev–Trinajstić information content (AvgIpc) is 2.73. The molecule has 1 amide bonds. The van der Waals surface area contributed by atoms with Gasteiger partial charge < -0.3 is 15.0 Å². The molecule has 0 saturated carbocycles. The zero-order valence-corrected chi connectivity index (χ0v) is 20.4. The second-order valence-electron chi connectivity index (χ2n) is 8.54. The monoisotopic (exact) mass is 500 g/mol. The summed E-state index contributed by atoms with van der Waals surface area (Å²) in [5, 5.41) is 2.65. The van der Waals surface area contributed by atoms with E-state index in [9.17, 15) is 26.4 Å². The van der Waals surface area contributed by atoms with Crippen LogP contribution in [0.3, 0.4) is 0 Å². The maximum absolute atomic E-state index is 13.4. The van der Waals surface area contributed by atoms with Gasteiger partial charge in [0.2, 0.25) is 10.0 Å². The van der Waals surface area contributed by atoms with Gasteiger partial charge in [-0.05, 0) is 74.2 Å². The van der Waals surface area contributed by atoms with Crippen molar-refractivity contribution in [3.8, 4) is 5.75 Å². The summed E-state index contributed by atoms with van der Waals surface area (Å²) in [6, 6.07) is 6.88. The van der Waals surface area contributed by atoms with E-state index in [2.05, 4.69) is 10.1 Å². The van der Waals surface area contributed by atoms with Crippen LogP contribution in [0.2, 0.25) is 0 Å². The van der Waals surface area contributed by atoms with E-state index < -0.39 is 16.4 Å². The molecule has 7 nitrogen and oxygen atoms in total. The number of aryl methyl sites for hydroxylation is 2. The number of nitrogens with one attached hydrogen (secondary N) is 2. The SMILES string of the molecule is Cc1cc(C)c(C)c(S(=O)(=O)N2CC[NH+](CC(=O)Nc3ccc(OC(F)(F)F)cc3)CC2)c1C. The van der Waals surface area contributed by atoms with Gasteiger partial charge in [-0.15, -0.1) is 13.2 Å². The zero-order valence-electron chi connectivity index (χ0n) is 19.5. The molecule has 0 unspecified atom stereocenters. The minimum Gasteiger partial charge on any atom is -0.406 e. The smallest absolute Gasteiger partial charge is 0.406 e. The van der Waals surface area contributed by atoms with Crippen molar-refractivity contribution in [3.63, 3.8) is 0 Å². The molecule has 3 rings (SSSR count). The van der Waals surface area contributed by atoms with Crippen molar-refractivity contribution in [2.45, 2.75) is 39.0 Å². The highest BCUT2D eigenvalue weighted by Gasteiger charge is 2.34. The molecule has 0 aromatic heterocycles. The third kappa shape index (κ3) is 6.08. The van der Waals surface area contributed by atoms with Crippen LogP contribution in [0.1, 0.15) is 22.3 Å².